The number of hydrogen-bond acceptors (Lipinski definition) is 3. The summed E-state index contributed by atoms with van der Waals surface area (Å²) in [7, 11) is 0. The van der Waals surface area contributed by atoms with Crippen LogP contribution in [0.2, 0.25) is 0 Å². The minimum absolute atomic E-state index is 0.0811. The summed E-state index contributed by atoms with van der Waals surface area (Å²) in [6, 6.07) is 8.84. The summed E-state index contributed by atoms with van der Waals surface area (Å²) in [5.41, 5.74) is 0.198. The van der Waals surface area contributed by atoms with Crippen molar-refractivity contribution in [3.8, 4) is 0 Å². The SMILES string of the molecule is O=C(NC1CCCN(Cc2ccccc2C(F)(F)F)C1)c1ccncc1. The molecule has 4 nitrogen and oxygen atoms in total. The number of nitrogens with zero attached hydrogens (tertiary/aromatic N) is 2. The second-order valence-electron chi connectivity index (χ2n) is 6.44. The summed E-state index contributed by atoms with van der Waals surface area (Å²) in [5, 5.41) is 2.97. The number of halogens is 3. The molecular weight excluding hydrogens is 343 g/mol. The van der Waals surface area contributed by atoms with Gasteiger partial charge in [-0.1, -0.05) is 18.2 Å². The minimum atomic E-state index is -4.36. The highest BCUT2D eigenvalue weighted by Crippen LogP contribution is 2.32. The van der Waals surface area contributed by atoms with Crippen molar-refractivity contribution in [1.29, 1.82) is 0 Å². The molecule has 1 aromatic carbocycles. The van der Waals surface area contributed by atoms with E-state index in [1.807, 2.05) is 4.90 Å². The van der Waals surface area contributed by atoms with E-state index in [9.17, 15) is 18.0 Å². The summed E-state index contributed by atoms with van der Waals surface area (Å²) in [6.45, 7) is 1.47. The fraction of sp³-hybridized carbons (Fsp3) is 0.368. The summed E-state index contributed by atoms with van der Waals surface area (Å²) in [5.74, 6) is -0.185. The average molecular weight is 363 g/mol. The lowest BCUT2D eigenvalue weighted by Crippen LogP contribution is -2.47. The Morgan fingerprint density at radius 3 is 2.65 bits per heavy atom. The van der Waals surface area contributed by atoms with E-state index in [0.29, 0.717) is 18.7 Å². The molecule has 0 bridgehead atoms. The number of piperidine rings is 1. The molecule has 2 aromatic rings. The van der Waals surface area contributed by atoms with Crippen LogP contribution in [-0.4, -0.2) is 34.9 Å². The van der Waals surface area contributed by atoms with Gasteiger partial charge in [0.05, 0.1) is 5.56 Å². The van der Waals surface area contributed by atoms with E-state index in [1.54, 1.807) is 30.6 Å². The van der Waals surface area contributed by atoms with Crippen LogP contribution >= 0.6 is 0 Å². The molecule has 3 rings (SSSR count). The Morgan fingerprint density at radius 2 is 1.92 bits per heavy atom. The monoisotopic (exact) mass is 363 g/mol. The van der Waals surface area contributed by atoms with E-state index < -0.39 is 11.7 Å². The molecule has 1 aromatic heterocycles. The number of nitrogens with one attached hydrogen (secondary N) is 1. The van der Waals surface area contributed by atoms with E-state index >= 15 is 0 Å². The molecule has 0 spiro atoms. The van der Waals surface area contributed by atoms with Crippen LogP contribution in [0.3, 0.4) is 0 Å². The third kappa shape index (κ3) is 4.60. The molecule has 138 valence electrons. The van der Waals surface area contributed by atoms with Crippen molar-refractivity contribution in [1.82, 2.24) is 15.2 Å². The predicted octanol–water partition coefficient (Wildman–Crippen LogP) is 3.49. The minimum Gasteiger partial charge on any atom is -0.348 e. The van der Waals surface area contributed by atoms with Crippen LogP contribution in [0.25, 0.3) is 0 Å². The van der Waals surface area contributed by atoms with Crippen LogP contribution < -0.4 is 5.32 Å². The number of carbonyl (C=O) groups excluding carboxylic acids is 1. The number of alkyl halides is 3. The van der Waals surface area contributed by atoms with Crippen molar-refractivity contribution in [3.63, 3.8) is 0 Å². The summed E-state index contributed by atoms with van der Waals surface area (Å²) in [4.78, 5) is 18.1. The Morgan fingerprint density at radius 1 is 1.19 bits per heavy atom. The highest BCUT2D eigenvalue weighted by molar-refractivity contribution is 5.94. The molecule has 2 heterocycles. The molecule has 7 heteroatoms. The largest absolute Gasteiger partial charge is 0.416 e. The van der Waals surface area contributed by atoms with Gasteiger partial charge in [0, 0.05) is 37.1 Å². The number of amides is 1. The van der Waals surface area contributed by atoms with Gasteiger partial charge in [-0.15, -0.1) is 0 Å². The Kier molecular flexibility index (Phi) is 5.56. The topological polar surface area (TPSA) is 45.2 Å². The van der Waals surface area contributed by atoms with Crippen LogP contribution in [-0.2, 0) is 12.7 Å². The summed E-state index contributed by atoms with van der Waals surface area (Å²) in [6.07, 6.45) is 0.386. The molecule has 1 amide bonds. The number of carbonyl (C=O) groups is 1. The Balaban J connectivity index is 1.64. The fourth-order valence-electron chi connectivity index (χ4n) is 3.26. The molecule has 1 saturated heterocycles. The van der Waals surface area contributed by atoms with E-state index in [2.05, 4.69) is 10.3 Å². The van der Waals surface area contributed by atoms with E-state index in [1.165, 1.54) is 12.1 Å². The van der Waals surface area contributed by atoms with Crippen LogP contribution in [0.4, 0.5) is 13.2 Å². The zero-order valence-corrected chi connectivity index (χ0v) is 14.2. The lowest BCUT2D eigenvalue weighted by atomic mass is 10.0. The third-order valence-electron chi connectivity index (χ3n) is 4.50. The molecule has 1 aliphatic heterocycles. The van der Waals surface area contributed by atoms with Crippen molar-refractivity contribution in [2.24, 2.45) is 0 Å². The van der Waals surface area contributed by atoms with Gasteiger partial charge in [-0.3, -0.25) is 14.7 Å². The number of rotatable bonds is 4. The first-order valence-corrected chi connectivity index (χ1v) is 8.52. The van der Waals surface area contributed by atoms with Gasteiger partial charge in [0.1, 0.15) is 0 Å². The van der Waals surface area contributed by atoms with Gasteiger partial charge in [-0.25, -0.2) is 0 Å². The maximum atomic E-state index is 13.2. The number of benzene rings is 1. The first kappa shape index (κ1) is 18.4. The molecule has 1 atom stereocenters. The van der Waals surface area contributed by atoms with Crippen molar-refractivity contribution >= 4 is 5.91 Å². The first-order valence-electron chi connectivity index (χ1n) is 8.52. The van der Waals surface area contributed by atoms with Gasteiger partial charge in [-0.2, -0.15) is 13.2 Å². The zero-order valence-electron chi connectivity index (χ0n) is 14.2. The molecule has 0 saturated carbocycles. The van der Waals surface area contributed by atoms with Crippen molar-refractivity contribution in [2.45, 2.75) is 31.6 Å². The van der Waals surface area contributed by atoms with Crippen molar-refractivity contribution < 1.29 is 18.0 Å². The van der Waals surface area contributed by atoms with Gasteiger partial charge in [0.15, 0.2) is 0 Å². The molecule has 1 unspecified atom stereocenters. The third-order valence-corrected chi connectivity index (χ3v) is 4.50. The highest BCUT2D eigenvalue weighted by Gasteiger charge is 2.33. The second kappa shape index (κ2) is 7.86. The first-order chi connectivity index (χ1) is 12.4. The van der Waals surface area contributed by atoms with E-state index in [4.69, 9.17) is 0 Å². The molecule has 26 heavy (non-hydrogen) atoms. The molecule has 0 radical (unpaired) electrons. The lowest BCUT2D eigenvalue weighted by Gasteiger charge is -2.33. The fourth-order valence-corrected chi connectivity index (χ4v) is 3.26. The Labute approximate surface area is 150 Å². The molecule has 1 aliphatic rings. The van der Waals surface area contributed by atoms with Crippen LogP contribution in [0.15, 0.2) is 48.8 Å². The van der Waals surface area contributed by atoms with Gasteiger partial charge in [-0.05, 0) is 43.1 Å². The van der Waals surface area contributed by atoms with E-state index in [0.717, 1.165) is 18.9 Å². The molecular formula is C19H20F3N3O. The van der Waals surface area contributed by atoms with Gasteiger partial charge < -0.3 is 5.32 Å². The van der Waals surface area contributed by atoms with Gasteiger partial charge >= 0.3 is 6.18 Å². The van der Waals surface area contributed by atoms with E-state index in [-0.39, 0.29) is 24.1 Å². The maximum absolute atomic E-state index is 13.2. The quantitative estimate of drug-likeness (QED) is 0.904. The smallest absolute Gasteiger partial charge is 0.348 e. The predicted molar refractivity (Wildman–Crippen MR) is 91.4 cm³/mol. The average Bonchev–Trinajstić information content (AvgIpc) is 2.62. The number of pyridine rings is 1. The molecule has 1 fully saturated rings. The van der Waals surface area contributed by atoms with Crippen LogP contribution in [0, 0.1) is 0 Å². The standard InChI is InChI=1S/C19H20F3N3O/c20-19(21,22)17-6-2-1-4-15(17)12-25-11-3-5-16(13-25)24-18(26)14-7-9-23-10-8-14/h1-2,4,6-10,16H,3,5,11-13H2,(H,24,26). The molecule has 1 N–H and O–H groups in total. The van der Waals surface area contributed by atoms with Crippen LogP contribution in [0.1, 0.15) is 34.3 Å². The van der Waals surface area contributed by atoms with Crippen molar-refractivity contribution in [2.75, 3.05) is 13.1 Å². The second-order valence-corrected chi connectivity index (χ2v) is 6.44. The lowest BCUT2D eigenvalue weighted by molar-refractivity contribution is -0.138. The number of likely N-dealkylation sites (tertiary alicyclic amines) is 1. The Hall–Kier alpha value is -2.41. The normalized spacial score (nSPS) is 18.5. The highest BCUT2D eigenvalue weighted by atomic mass is 19.4. The number of aromatic nitrogens is 1. The molecule has 0 aliphatic carbocycles. The van der Waals surface area contributed by atoms with Gasteiger partial charge in [0.2, 0.25) is 0 Å². The zero-order chi connectivity index (χ0) is 18.6. The van der Waals surface area contributed by atoms with Crippen LogP contribution in [0.5, 0.6) is 0 Å². The summed E-state index contributed by atoms with van der Waals surface area (Å²) >= 11 is 0. The van der Waals surface area contributed by atoms with Gasteiger partial charge in [0.25, 0.3) is 5.91 Å². The number of hydrogen-bond donors (Lipinski definition) is 1. The maximum Gasteiger partial charge on any atom is 0.416 e. The summed E-state index contributed by atoms with van der Waals surface area (Å²) < 4.78 is 39.5. The Bertz CT molecular complexity index is 749. The van der Waals surface area contributed by atoms with Crippen molar-refractivity contribution in [3.05, 3.63) is 65.5 Å².